The maximum absolute atomic E-state index is 11.3. The summed E-state index contributed by atoms with van der Waals surface area (Å²) in [6.45, 7) is 5.19. The van der Waals surface area contributed by atoms with Crippen LogP contribution < -0.4 is 16.4 Å². The van der Waals surface area contributed by atoms with Gasteiger partial charge in [0.05, 0.1) is 11.9 Å². The van der Waals surface area contributed by atoms with E-state index in [0.717, 1.165) is 24.4 Å². The molecule has 18 heavy (non-hydrogen) atoms. The van der Waals surface area contributed by atoms with Gasteiger partial charge in [0.25, 0.3) is 0 Å². The first-order valence-electron chi connectivity index (χ1n) is 5.96. The van der Waals surface area contributed by atoms with Gasteiger partial charge in [-0.1, -0.05) is 5.57 Å². The van der Waals surface area contributed by atoms with Crippen molar-refractivity contribution < 1.29 is 4.79 Å². The number of carbonyl (C=O) groups excluding carboxylic acids is 1. The van der Waals surface area contributed by atoms with E-state index < -0.39 is 0 Å². The average Bonchev–Trinajstić information content (AvgIpc) is 2.30. The van der Waals surface area contributed by atoms with Crippen molar-refractivity contribution in [1.82, 2.24) is 10.3 Å². The maximum atomic E-state index is 11.3. The average molecular weight is 248 g/mol. The number of rotatable bonds is 6. The van der Waals surface area contributed by atoms with Gasteiger partial charge in [-0.15, -0.1) is 0 Å². The Morgan fingerprint density at radius 2 is 2.17 bits per heavy atom. The highest BCUT2D eigenvalue weighted by Crippen LogP contribution is 2.05. The lowest BCUT2D eigenvalue weighted by atomic mass is 10.3. The van der Waals surface area contributed by atoms with Gasteiger partial charge in [-0.05, 0) is 32.4 Å². The van der Waals surface area contributed by atoms with E-state index in [1.807, 2.05) is 19.9 Å². The molecule has 5 heteroatoms. The van der Waals surface area contributed by atoms with Crippen LogP contribution in [0.2, 0.25) is 0 Å². The van der Waals surface area contributed by atoms with E-state index in [9.17, 15) is 4.79 Å². The number of nitrogen functional groups attached to an aromatic ring is 1. The highest BCUT2D eigenvalue weighted by atomic mass is 16.1. The first-order chi connectivity index (χ1) is 8.58. The zero-order valence-electron chi connectivity index (χ0n) is 10.9. The van der Waals surface area contributed by atoms with Gasteiger partial charge in [0, 0.05) is 19.2 Å². The molecule has 0 aromatic carbocycles. The van der Waals surface area contributed by atoms with E-state index in [-0.39, 0.29) is 5.91 Å². The van der Waals surface area contributed by atoms with Gasteiger partial charge < -0.3 is 16.4 Å². The Balaban J connectivity index is 2.14. The van der Waals surface area contributed by atoms with Crippen molar-refractivity contribution in [2.45, 2.75) is 20.3 Å². The number of allylic oxidation sites excluding steroid dienone is 1. The minimum atomic E-state index is -0.0411. The third-order valence-electron chi connectivity index (χ3n) is 2.17. The molecule has 1 rings (SSSR count). The van der Waals surface area contributed by atoms with Gasteiger partial charge >= 0.3 is 0 Å². The number of nitrogens with one attached hydrogen (secondary N) is 2. The molecule has 0 aliphatic heterocycles. The molecule has 1 heterocycles. The van der Waals surface area contributed by atoms with Gasteiger partial charge in [-0.2, -0.15) is 0 Å². The second-order valence-corrected chi connectivity index (χ2v) is 4.27. The topological polar surface area (TPSA) is 80.0 Å². The molecule has 4 N–H and O–H groups in total. The van der Waals surface area contributed by atoms with Gasteiger partial charge in [0.2, 0.25) is 5.91 Å². The number of hydrogen-bond acceptors (Lipinski definition) is 4. The first-order valence-corrected chi connectivity index (χ1v) is 5.96. The van der Waals surface area contributed by atoms with E-state index in [2.05, 4.69) is 15.6 Å². The quantitative estimate of drug-likeness (QED) is 0.527. The summed E-state index contributed by atoms with van der Waals surface area (Å²) < 4.78 is 0. The fourth-order valence-electron chi connectivity index (χ4n) is 1.34. The summed E-state index contributed by atoms with van der Waals surface area (Å²) >= 11 is 0. The number of anilines is 2. The van der Waals surface area contributed by atoms with Crippen molar-refractivity contribution in [2.75, 3.05) is 24.1 Å². The molecule has 0 radical (unpaired) electrons. The minimum absolute atomic E-state index is 0.0411. The molecule has 0 aliphatic carbocycles. The van der Waals surface area contributed by atoms with Crippen LogP contribution in [0.1, 0.15) is 20.3 Å². The lowest BCUT2D eigenvalue weighted by Gasteiger charge is -2.06. The predicted molar refractivity (Wildman–Crippen MR) is 74.2 cm³/mol. The molecule has 0 saturated heterocycles. The Kier molecular flexibility index (Phi) is 5.70. The molecular formula is C13H20N4O. The molecule has 0 fully saturated rings. The van der Waals surface area contributed by atoms with Crippen LogP contribution in [0.15, 0.2) is 30.0 Å². The van der Waals surface area contributed by atoms with Crippen molar-refractivity contribution in [3.8, 4) is 0 Å². The predicted octanol–water partition coefficient (Wildman–Crippen LogP) is 1.55. The smallest absolute Gasteiger partial charge is 0.243 e. The molecule has 98 valence electrons. The molecule has 5 nitrogen and oxygen atoms in total. The Morgan fingerprint density at radius 1 is 1.39 bits per heavy atom. The summed E-state index contributed by atoms with van der Waals surface area (Å²) in [6, 6.07) is 3.63. The highest BCUT2D eigenvalue weighted by molar-refractivity contribution is 5.87. The van der Waals surface area contributed by atoms with Gasteiger partial charge in [0.15, 0.2) is 0 Å². The fraction of sp³-hybridized carbons (Fsp3) is 0.385. The normalized spacial score (nSPS) is 9.67. The van der Waals surface area contributed by atoms with Crippen molar-refractivity contribution >= 4 is 17.4 Å². The van der Waals surface area contributed by atoms with Crippen LogP contribution in [-0.2, 0) is 4.79 Å². The number of aromatic nitrogens is 1. The SMILES string of the molecule is CC(C)=CC(=O)NCCCNc1ccc(N)cn1. The van der Waals surface area contributed by atoms with E-state index >= 15 is 0 Å². The number of nitrogens with two attached hydrogens (primary N) is 1. The monoisotopic (exact) mass is 248 g/mol. The third-order valence-corrected chi connectivity index (χ3v) is 2.17. The molecule has 1 aromatic rings. The largest absolute Gasteiger partial charge is 0.397 e. The molecule has 0 saturated carbocycles. The van der Waals surface area contributed by atoms with Crippen LogP contribution in [0.3, 0.4) is 0 Å². The number of amides is 1. The molecule has 0 unspecified atom stereocenters. The zero-order chi connectivity index (χ0) is 13.4. The van der Waals surface area contributed by atoms with Crippen LogP contribution in [0.25, 0.3) is 0 Å². The lowest BCUT2D eigenvalue weighted by molar-refractivity contribution is -0.116. The fourth-order valence-corrected chi connectivity index (χ4v) is 1.34. The number of nitrogens with zero attached hydrogens (tertiary/aromatic N) is 1. The summed E-state index contributed by atoms with van der Waals surface area (Å²) in [7, 11) is 0. The molecule has 1 amide bonds. The van der Waals surface area contributed by atoms with E-state index in [1.165, 1.54) is 0 Å². The van der Waals surface area contributed by atoms with Crippen molar-refractivity contribution in [3.63, 3.8) is 0 Å². The standard InChI is InChI=1S/C13H20N4O/c1-10(2)8-13(18)16-7-3-6-15-12-5-4-11(14)9-17-12/h4-5,8-9H,3,6-7,14H2,1-2H3,(H,15,17)(H,16,18). The highest BCUT2D eigenvalue weighted by Gasteiger charge is 1.96. The number of carbonyl (C=O) groups is 1. The molecular weight excluding hydrogens is 228 g/mol. The van der Waals surface area contributed by atoms with Crippen LogP contribution in [0.4, 0.5) is 11.5 Å². The first kappa shape index (κ1) is 14.0. The lowest BCUT2D eigenvalue weighted by Crippen LogP contribution is -2.24. The number of pyridine rings is 1. The second-order valence-electron chi connectivity index (χ2n) is 4.27. The second kappa shape index (κ2) is 7.32. The van der Waals surface area contributed by atoms with Crippen molar-refractivity contribution in [3.05, 3.63) is 30.0 Å². The summed E-state index contributed by atoms with van der Waals surface area (Å²) in [6.07, 6.45) is 4.04. The van der Waals surface area contributed by atoms with Gasteiger partial charge in [-0.3, -0.25) is 4.79 Å². The van der Waals surface area contributed by atoms with Gasteiger partial charge in [-0.25, -0.2) is 4.98 Å². The molecule has 0 spiro atoms. The van der Waals surface area contributed by atoms with Crippen LogP contribution in [0.5, 0.6) is 0 Å². The molecule has 0 atom stereocenters. The van der Waals surface area contributed by atoms with Crippen LogP contribution in [0, 0.1) is 0 Å². The molecule has 0 aliphatic rings. The zero-order valence-corrected chi connectivity index (χ0v) is 10.9. The van der Waals surface area contributed by atoms with E-state index in [4.69, 9.17) is 5.73 Å². The van der Waals surface area contributed by atoms with Crippen LogP contribution >= 0.6 is 0 Å². The van der Waals surface area contributed by atoms with Crippen molar-refractivity contribution in [1.29, 1.82) is 0 Å². The molecule has 1 aromatic heterocycles. The van der Waals surface area contributed by atoms with E-state index in [1.54, 1.807) is 18.3 Å². The summed E-state index contributed by atoms with van der Waals surface area (Å²) in [5.74, 6) is 0.750. The maximum Gasteiger partial charge on any atom is 0.243 e. The number of hydrogen-bond donors (Lipinski definition) is 3. The Morgan fingerprint density at radius 3 is 2.78 bits per heavy atom. The summed E-state index contributed by atoms with van der Waals surface area (Å²) in [5.41, 5.74) is 7.18. The van der Waals surface area contributed by atoms with E-state index in [0.29, 0.717) is 12.2 Å². The molecule has 0 bridgehead atoms. The Bertz CT molecular complexity index is 408. The van der Waals surface area contributed by atoms with Crippen LogP contribution in [-0.4, -0.2) is 24.0 Å². The van der Waals surface area contributed by atoms with Gasteiger partial charge in [0.1, 0.15) is 5.82 Å². The minimum Gasteiger partial charge on any atom is -0.397 e. The summed E-state index contributed by atoms with van der Waals surface area (Å²) in [4.78, 5) is 15.4. The Labute approximate surface area is 107 Å². The third kappa shape index (κ3) is 5.89. The Hall–Kier alpha value is -2.04. The van der Waals surface area contributed by atoms with Crippen molar-refractivity contribution in [2.24, 2.45) is 0 Å². The summed E-state index contributed by atoms with van der Waals surface area (Å²) in [5, 5.41) is 5.97.